The molecule has 1 fully saturated rings. The molecule has 1 aliphatic heterocycles. The summed E-state index contributed by atoms with van der Waals surface area (Å²) in [5, 5.41) is 16.1. The van der Waals surface area contributed by atoms with E-state index >= 15 is 0 Å². The highest BCUT2D eigenvalue weighted by Crippen LogP contribution is 2.37. The Hall–Kier alpha value is -4.55. The highest BCUT2D eigenvalue weighted by molar-refractivity contribution is 7.99. The lowest BCUT2D eigenvalue weighted by atomic mass is 10.1. The van der Waals surface area contributed by atoms with Gasteiger partial charge in [-0.2, -0.15) is 0 Å². The van der Waals surface area contributed by atoms with Gasteiger partial charge in [-0.3, -0.25) is 4.98 Å². The van der Waals surface area contributed by atoms with Crippen LogP contribution in [0.5, 0.6) is 0 Å². The van der Waals surface area contributed by atoms with Gasteiger partial charge in [0.2, 0.25) is 5.89 Å². The van der Waals surface area contributed by atoms with E-state index in [-0.39, 0.29) is 6.03 Å². The molecule has 0 bridgehead atoms. The summed E-state index contributed by atoms with van der Waals surface area (Å²) in [5.74, 6) is 0.376. The number of amides is 2. The smallest absolute Gasteiger partial charge is 0.323 e. The zero-order valence-electron chi connectivity index (χ0n) is 22.0. The average molecular weight is 554 g/mol. The number of nitrogens with one attached hydrogen (secondary N) is 2. The maximum Gasteiger partial charge on any atom is 0.323 e. The third kappa shape index (κ3) is 5.72. The average Bonchev–Trinajstić information content (AvgIpc) is 3.43. The molecule has 2 N–H and O–H groups in total. The molecule has 0 aliphatic carbocycles. The molecule has 11 nitrogen and oxygen atoms in total. The van der Waals surface area contributed by atoms with E-state index in [2.05, 4.69) is 52.6 Å². The predicted octanol–water partition coefficient (Wildman–Crippen LogP) is 4.93. The number of anilines is 3. The minimum atomic E-state index is -0.329. The number of hydrogen-bond acceptors (Lipinski definition) is 10. The second-order valence-electron chi connectivity index (χ2n) is 9.52. The molecule has 5 aromatic rings. The Kier molecular flexibility index (Phi) is 7.25. The van der Waals surface area contributed by atoms with Crippen molar-refractivity contribution < 1.29 is 9.21 Å². The van der Waals surface area contributed by atoms with Crippen LogP contribution in [0, 0.1) is 6.92 Å². The van der Waals surface area contributed by atoms with Crippen LogP contribution >= 0.6 is 11.8 Å². The number of carbonyl (C=O) groups excluding carboxylic acids is 1. The number of urea groups is 1. The monoisotopic (exact) mass is 553 g/mol. The Bertz CT molecular complexity index is 1650. The lowest BCUT2D eigenvalue weighted by Crippen LogP contribution is -2.44. The van der Waals surface area contributed by atoms with E-state index in [1.807, 2.05) is 55.5 Å². The molecule has 3 aromatic heterocycles. The van der Waals surface area contributed by atoms with Gasteiger partial charge in [0, 0.05) is 49.6 Å². The van der Waals surface area contributed by atoms with Gasteiger partial charge in [-0.15, -0.1) is 10.2 Å². The first kappa shape index (κ1) is 25.7. The number of likely N-dealkylation sites (N-methyl/N-ethyl adjacent to an activating group) is 1. The number of fused-ring (bicyclic) bond motifs is 1. The molecular weight excluding hydrogens is 526 g/mol. The number of nitrogens with zero attached hydrogens (tertiary/aromatic N) is 7. The van der Waals surface area contributed by atoms with Crippen molar-refractivity contribution in [3.8, 4) is 11.5 Å². The van der Waals surface area contributed by atoms with Gasteiger partial charge < -0.3 is 24.9 Å². The Morgan fingerprint density at radius 1 is 1.00 bits per heavy atom. The van der Waals surface area contributed by atoms with E-state index in [1.54, 1.807) is 12.4 Å². The van der Waals surface area contributed by atoms with E-state index in [1.165, 1.54) is 18.1 Å². The van der Waals surface area contributed by atoms with Crippen LogP contribution in [0.1, 0.15) is 5.56 Å². The summed E-state index contributed by atoms with van der Waals surface area (Å²) in [6.07, 6.45) is 4.88. The summed E-state index contributed by atoms with van der Waals surface area (Å²) in [6.45, 7) is 5.51. The molecule has 12 heteroatoms. The quantitative estimate of drug-likeness (QED) is 0.280. The Labute approximate surface area is 235 Å². The Morgan fingerprint density at radius 3 is 2.67 bits per heavy atom. The van der Waals surface area contributed by atoms with Crippen molar-refractivity contribution in [2.45, 2.75) is 17.2 Å². The van der Waals surface area contributed by atoms with E-state index in [4.69, 9.17) is 4.42 Å². The number of aryl methyl sites for hydroxylation is 1. The third-order valence-corrected chi connectivity index (χ3v) is 7.44. The molecule has 202 valence electrons. The van der Waals surface area contributed by atoms with Crippen LogP contribution in [0.2, 0.25) is 0 Å². The van der Waals surface area contributed by atoms with Crippen LogP contribution in [0.25, 0.3) is 22.4 Å². The van der Waals surface area contributed by atoms with E-state index in [0.29, 0.717) is 21.8 Å². The highest BCUT2D eigenvalue weighted by Gasteiger charge is 2.21. The molecule has 0 atom stereocenters. The van der Waals surface area contributed by atoms with Gasteiger partial charge in [-0.25, -0.2) is 14.8 Å². The lowest BCUT2D eigenvalue weighted by molar-refractivity contribution is 0.262. The zero-order valence-corrected chi connectivity index (χ0v) is 22.9. The first-order valence-corrected chi connectivity index (χ1v) is 13.6. The van der Waals surface area contributed by atoms with Crippen LogP contribution in [0.15, 0.2) is 81.9 Å². The molecule has 0 spiro atoms. The molecule has 6 rings (SSSR count). The largest absolute Gasteiger partial charge is 0.411 e. The number of pyridine rings is 1. The number of hydrogen-bond donors (Lipinski definition) is 2. The summed E-state index contributed by atoms with van der Waals surface area (Å²) >= 11 is 1.25. The standard InChI is InChI=1S/C28H27N9O2S/c1-18-5-3-7-20(13-18)32-27(38)33-23-14-21-22(15-24(23)37-11-9-36(2)10-12-37)30-17-31-26(21)40-28-35-34-25(39-28)19-6-4-8-29-16-19/h3-8,13-17H,9-12H2,1-2H3,(H2,32,33,38). The summed E-state index contributed by atoms with van der Waals surface area (Å²) in [6, 6.07) is 14.9. The molecule has 4 heterocycles. The maximum absolute atomic E-state index is 13.1. The summed E-state index contributed by atoms with van der Waals surface area (Å²) < 4.78 is 5.87. The second-order valence-corrected chi connectivity index (χ2v) is 10.5. The molecule has 1 saturated heterocycles. The van der Waals surface area contributed by atoms with Gasteiger partial charge in [0.1, 0.15) is 11.4 Å². The fraction of sp³-hybridized carbons (Fsp3) is 0.214. The van der Waals surface area contributed by atoms with Crippen LogP contribution in [-0.2, 0) is 0 Å². The molecule has 0 unspecified atom stereocenters. The topological polar surface area (TPSA) is 125 Å². The minimum absolute atomic E-state index is 0.329. The van der Waals surface area contributed by atoms with Gasteiger partial charge in [-0.05, 0) is 67.7 Å². The van der Waals surface area contributed by atoms with Gasteiger partial charge in [0.05, 0.1) is 22.5 Å². The predicted molar refractivity (Wildman–Crippen MR) is 155 cm³/mol. The fourth-order valence-corrected chi connectivity index (χ4v) is 5.25. The number of rotatable bonds is 6. The van der Waals surface area contributed by atoms with Crippen LogP contribution < -0.4 is 15.5 Å². The molecule has 2 amide bonds. The molecule has 1 aliphatic rings. The van der Waals surface area contributed by atoms with Crippen molar-refractivity contribution in [1.29, 1.82) is 0 Å². The molecule has 0 saturated carbocycles. The van der Waals surface area contributed by atoms with Gasteiger partial charge in [-0.1, -0.05) is 12.1 Å². The molecular formula is C28H27N9O2S. The van der Waals surface area contributed by atoms with Crippen molar-refractivity contribution >= 4 is 45.8 Å². The van der Waals surface area contributed by atoms with Crippen molar-refractivity contribution in [3.63, 3.8) is 0 Å². The Balaban J connectivity index is 1.33. The van der Waals surface area contributed by atoms with Crippen LogP contribution in [0.4, 0.5) is 21.9 Å². The lowest BCUT2D eigenvalue weighted by Gasteiger charge is -2.35. The van der Waals surface area contributed by atoms with E-state index < -0.39 is 0 Å². The number of benzene rings is 2. The molecule has 0 radical (unpaired) electrons. The summed E-state index contributed by atoms with van der Waals surface area (Å²) in [4.78, 5) is 30.8. The normalized spacial score (nSPS) is 13.9. The summed E-state index contributed by atoms with van der Waals surface area (Å²) in [5.41, 5.74) is 4.85. The second kappa shape index (κ2) is 11.3. The van der Waals surface area contributed by atoms with Gasteiger partial charge >= 0.3 is 6.03 Å². The fourth-order valence-electron chi connectivity index (χ4n) is 4.51. The van der Waals surface area contributed by atoms with Crippen LogP contribution in [-0.4, -0.2) is 69.3 Å². The van der Waals surface area contributed by atoms with Crippen molar-refractivity contribution in [1.82, 2.24) is 30.0 Å². The number of piperazine rings is 1. The van der Waals surface area contributed by atoms with Crippen molar-refractivity contribution in [3.05, 3.63) is 72.8 Å². The maximum atomic E-state index is 13.1. The molecule has 40 heavy (non-hydrogen) atoms. The Morgan fingerprint density at radius 2 is 1.88 bits per heavy atom. The van der Waals surface area contributed by atoms with Crippen molar-refractivity contribution in [2.75, 3.05) is 48.8 Å². The molecule has 2 aromatic carbocycles. The zero-order chi connectivity index (χ0) is 27.5. The van der Waals surface area contributed by atoms with Gasteiger partial charge in [0.15, 0.2) is 0 Å². The first-order valence-electron chi connectivity index (χ1n) is 12.8. The van der Waals surface area contributed by atoms with Gasteiger partial charge in [0.25, 0.3) is 5.22 Å². The highest BCUT2D eigenvalue weighted by atomic mass is 32.2. The first-order chi connectivity index (χ1) is 19.5. The van der Waals surface area contributed by atoms with Crippen molar-refractivity contribution in [2.24, 2.45) is 0 Å². The van der Waals surface area contributed by atoms with E-state index in [0.717, 1.165) is 59.6 Å². The van der Waals surface area contributed by atoms with E-state index in [9.17, 15) is 4.79 Å². The third-order valence-electron chi connectivity index (χ3n) is 6.58. The number of carbonyl (C=O) groups is 1. The minimum Gasteiger partial charge on any atom is -0.411 e. The summed E-state index contributed by atoms with van der Waals surface area (Å²) in [7, 11) is 2.11. The van der Waals surface area contributed by atoms with Crippen LogP contribution in [0.3, 0.4) is 0 Å². The SMILES string of the molecule is Cc1cccc(NC(=O)Nc2cc3c(Sc4nnc(-c5cccnc5)o4)ncnc3cc2N2CCN(C)CC2)c1. The number of aromatic nitrogens is 5.